The molecule has 0 unspecified atom stereocenters. The standard InChI is InChI=1S/C20H27ClO2/c1-2-3-4-15-13-22-20(23-14-15)18-7-5-16(6-8-18)17-9-11-19(21)12-10-17/h3-4,9-12,15-16,18,20H,2,5-8,13-14H2,1H3/t15-,16-,18-,20-. The number of hydrogen-bond donors (Lipinski definition) is 0. The fourth-order valence-corrected chi connectivity index (χ4v) is 3.83. The van der Waals surface area contributed by atoms with E-state index >= 15 is 0 Å². The first-order valence-electron chi connectivity index (χ1n) is 8.91. The van der Waals surface area contributed by atoms with Crippen molar-refractivity contribution in [2.75, 3.05) is 13.2 Å². The minimum atomic E-state index is 0.00689. The van der Waals surface area contributed by atoms with E-state index in [9.17, 15) is 0 Å². The van der Waals surface area contributed by atoms with E-state index in [0.717, 1.165) is 24.7 Å². The van der Waals surface area contributed by atoms with Crippen LogP contribution in [-0.2, 0) is 9.47 Å². The van der Waals surface area contributed by atoms with Crippen molar-refractivity contribution in [1.82, 2.24) is 0 Å². The van der Waals surface area contributed by atoms with Gasteiger partial charge in [0.25, 0.3) is 0 Å². The minimum absolute atomic E-state index is 0.00689. The lowest BCUT2D eigenvalue weighted by molar-refractivity contribution is -0.222. The van der Waals surface area contributed by atoms with Crippen molar-refractivity contribution in [2.24, 2.45) is 11.8 Å². The number of hydrogen-bond acceptors (Lipinski definition) is 2. The summed E-state index contributed by atoms with van der Waals surface area (Å²) in [6.07, 6.45) is 10.3. The maximum atomic E-state index is 5.99. The van der Waals surface area contributed by atoms with Gasteiger partial charge in [0.15, 0.2) is 6.29 Å². The van der Waals surface area contributed by atoms with Gasteiger partial charge in [-0.3, -0.25) is 0 Å². The highest BCUT2D eigenvalue weighted by molar-refractivity contribution is 6.30. The van der Waals surface area contributed by atoms with Gasteiger partial charge >= 0.3 is 0 Å². The van der Waals surface area contributed by atoms with Crippen molar-refractivity contribution in [1.29, 1.82) is 0 Å². The van der Waals surface area contributed by atoms with Gasteiger partial charge in [0.2, 0.25) is 0 Å². The van der Waals surface area contributed by atoms with Crippen LogP contribution in [0.5, 0.6) is 0 Å². The molecular weight excluding hydrogens is 308 g/mol. The molecule has 0 radical (unpaired) electrons. The van der Waals surface area contributed by atoms with Crippen molar-refractivity contribution < 1.29 is 9.47 Å². The molecular formula is C20H27ClO2. The molecule has 0 spiro atoms. The predicted octanol–water partition coefficient (Wildman–Crippen LogP) is 5.57. The van der Waals surface area contributed by atoms with Gasteiger partial charge in [-0.1, -0.05) is 42.8 Å². The molecule has 1 aromatic carbocycles. The Morgan fingerprint density at radius 1 is 1.04 bits per heavy atom. The summed E-state index contributed by atoms with van der Waals surface area (Å²) in [5.41, 5.74) is 1.42. The van der Waals surface area contributed by atoms with Gasteiger partial charge < -0.3 is 9.47 Å². The molecule has 1 heterocycles. The number of rotatable bonds is 4. The second kappa shape index (κ2) is 8.32. The number of halogens is 1. The molecule has 3 heteroatoms. The van der Waals surface area contributed by atoms with E-state index in [-0.39, 0.29) is 6.29 Å². The Labute approximate surface area is 144 Å². The van der Waals surface area contributed by atoms with Crippen LogP contribution in [-0.4, -0.2) is 19.5 Å². The molecule has 126 valence electrons. The Hall–Kier alpha value is -0.830. The smallest absolute Gasteiger partial charge is 0.160 e. The molecule has 1 aliphatic heterocycles. The monoisotopic (exact) mass is 334 g/mol. The number of ether oxygens (including phenoxy) is 2. The van der Waals surface area contributed by atoms with Crippen LogP contribution in [0, 0.1) is 11.8 Å². The van der Waals surface area contributed by atoms with E-state index in [4.69, 9.17) is 21.1 Å². The Balaban J connectivity index is 1.46. The topological polar surface area (TPSA) is 18.5 Å². The Morgan fingerprint density at radius 2 is 1.70 bits per heavy atom. The van der Waals surface area contributed by atoms with Crippen molar-refractivity contribution in [3.05, 3.63) is 47.0 Å². The zero-order valence-electron chi connectivity index (χ0n) is 13.9. The van der Waals surface area contributed by atoms with E-state index in [1.54, 1.807) is 0 Å². The van der Waals surface area contributed by atoms with Gasteiger partial charge in [-0.25, -0.2) is 0 Å². The van der Waals surface area contributed by atoms with Gasteiger partial charge in [0.05, 0.1) is 13.2 Å². The Bertz CT molecular complexity index is 495. The molecule has 23 heavy (non-hydrogen) atoms. The van der Waals surface area contributed by atoms with Gasteiger partial charge in [-0.2, -0.15) is 0 Å². The highest BCUT2D eigenvalue weighted by Crippen LogP contribution is 2.39. The third-order valence-corrected chi connectivity index (χ3v) is 5.34. The third-order valence-electron chi connectivity index (χ3n) is 5.09. The highest BCUT2D eigenvalue weighted by atomic mass is 35.5. The summed E-state index contributed by atoms with van der Waals surface area (Å²) >= 11 is 5.98. The molecule has 3 rings (SSSR count). The molecule has 2 aliphatic rings. The number of benzene rings is 1. The average molecular weight is 335 g/mol. The van der Waals surface area contributed by atoms with Crippen molar-refractivity contribution in [3.63, 3.8) is 0 Å². The van der Waals surface area contributed by atoms with Crippen LogP contribution < -0.4 is 0 Å². The normalized spacial score (nSPS) is 32.3. The summed E-state index contributed by atoms with van der Waals surface area (Å²) in [4.78, 5) is 0. The summed E-state index contributed by atoms with van der Waals surface area (Å²) in [7, 11) is 0. The summed E-state index contributed by atoms with van der Waals surface area (Å²) in [5.74, 6) is 1.64. The van der Waals surface area contributed by atoms with E-state index in [1.807, 2.05) is 12.1 Å². The zero-order chi connectivity index (χ0) is 16.1. The van der Waals surface area contributed by atoms with Crippen molar-refractivity contribution in [2.45, 2.75) is 51.2 Å². The van der Waals surface area contributed by atoms with Gasteiger partial charge in [0.1, 0.15) is 0 Å². The molecule has 0 bridgehead atoms. The summed E-state index contributed by atoms with van der Waals surface area (Å²) in [6, 6.07) is 8.35. The minimum Gasteiger partial charge on any atom is -0.352 e. The van der Waals surface area contributed by atoms with Crippen molar-refractivity contribution in [3.8, 4) is 0 Å². The van der Waals surface area contributed by atoms with Crippen LogP contribution in [0.1, 0.15) is 50.5 Å². The largest absolute Gasteiger partial charge is 0.352 e. The third kappa shape index (κ3) is 4.59. The molecule has 1 saturated carbocycles. The number of allylic oxidation sites excluding steroid dienone is 1. The molecule has 0 amide bonds. The lowest BCUT2D eigenvalue weighted by Crippen LogP contribution is -2.37. The van der Waals surface area contributed by atoms with Crippen LogP contribution in [0.3, 0.4) is 0 Å². The van der Waals surface area contributed by atoms with Gasteiger partial charge in [-0.15, -0.1) is 0 Å². The fraction of sp³-hybridized carbons (Fsp3) is 0.600. The van der Waals surface area contributed by atoms with E-state index in [1.165, 1.54) is 31.2 Å². The van der Waals surface area contributed by atoms with Crippen molar-refractivity contribution >= 4 is 11.6 Å². The molecule has 1 aliphatic carbocycles. The fourth-order valence-electron chi connectivity index (χ4n) is 3.70. The molecule has 0 atom stereocenters. The maximum Gasteiger partial charge on any atom is 0.160 e. The zero-order valence-corrected chi connectivity index (χ0v) is 14.7. The molecule has 1 aromatic rings. The summed E-state index contributed by atoms with van der Waals surface area (Å²) in [5, 5.41) is 0.818. The van der Waals surface area contributed by atoms with Gasteiger partial charge in [-0.05, 0) is 55.7 Å². The molecule has 2 nitrogen and oxygen atoms in total. The molecule has 0 aromatic heterocycles. The average Bonchev–Trinajstić information content (AvgIpc) is 2.61. The van der Waals surface area contributed by atoms with Crippen LogP contribution in [0.25, 0.3) is 0 Å². The highest BCUT2D eigenvalue weighted by Gasteiger charge is 2.32. The first-order chi connectivity index (χ1) is 11.3. The van der Waals surface area contributed by atoms with E-state index in [0.29, 0.717) is 17.8 Å². The second-order valence-electron chi connectivity index (χ2n) is 6.79. The van der Waals surface area contributed by atoms with E-state index in [2.05, 4.69) is 31.2 Å². The first kappa shape index (κ1) is 17.0. The molecule has 1 saturated heterocycles. The summed E-state index contributed by atoms with van der Waals surface area (Å²) < 4.78 is 12.0. The Kier molecular flexibility index (Phi) is 6.15. The molecule has 2 fully saturated rings. The maximum absolute atomic E-state index is 5.99. The first-order valence-corrected chi connectivity index (χ1v) is 9.29. The van der Waals surface area contributed by atoms with Crippen LogP contribution in [0.4, 0.5) is 0 Å². The lowest BCUT2D eigenvalue weighted by Gasteiger charge is -2.37. The second-order valence-corrected chi connectivity index (χ2v) is 7.23. The lowest BCUT2D eigenvalue weighted by atomic mass is 9.78. The van der Waals surface area contributed by atoms with Crippen LogP contribution >= 0.6 is 11.6 Å². The van der Waals surface area contributed by atoms with Crippen LogP contribution in [0.15, 0.2) is 36.4 Å². The van der Waals surface area contributed by atoms with E-state index < -0.39 is 0 Å². The summed E-state index contributed by atoms with van der Waals surface area (Å²) in [6.45, 7) is 3.76. The molecule has 0 N–H and O–H groups in total. The van der Waals surface area contributed by atoms with Crippen LogP contribution in [0.2, 0.25) is 5.02 Å². The predicted molar refractivity (Wildman–Crippen MR) is 94.8 cm³/mol. The Morgan fingerprint density at radius 3 is 2.30 bits per heavy atom. The SMILES string of the molecule is CCC=C[C@H]1CO[C@H]([C@H]2CC[C@H](c3ccc(Cl)cc3)CC2)OC1. The quantitative estimate of drug-likeness (QED) is 0.670. The van der Waals surface area contributed by atoms with Gasteiger partial charge in [0, 0.05) is 16.9 Å².